The summed E-state index contributed by atoms with van der Waals surface area (Å²) in [5.41, 5.74) is 2.42. The van der Waals surface area contributed by atoms with Crippen molar-refractivity contribution in [1.82, 2.24) is 9.88 Å². The molecule has 3 heterocycles. The number of aromatic nitrogens is 1. The average molecular weight is 467 g/mol. The van der Waals surface area contributed by atoms with E-state index in [1.807, 2.05) is 6.07 Å². The van der Waals surface area contributed by atoms with Crippen LogP contribution in [0.1, 0.15) is 36.6 Å². The third-order valence-electron chi connectivity index (χ3n) is 8.87. The zero-order valence-electron chi connectivity index (χ0n) is 19.4. The molecule has 0 amide bonds. The lowest BCUT2D eigenvalue weighted by Crippen LogP contribution is -2.63. The van der Waals surface area contributed by atoms with E-state index in [2.05, 4.69) is 28.1 Å². The van der Waals surface area contributed by atoms with E-state index in [0.29, 0.717) is 13.0 Å². The van der Waals surface area contributed by atoms with Gasteiger partial charge in [0, 0.05) is 42.0 Å². The minimum absolute atomic E-state index is 0.0805. The van der Waals surface area contributed by atoms with Crippen LogP contribution in [0.15, 0.2) is 35.6 Å². The van der Waals surface area contributed by atoms with Crippen LogP contribution in [0.3, 0.4) is 0 Å². The number of hydrogen-bond acceptors (Lipinski definition) is 7. The van der Waals surface area contributed by atoms with Gasteiger partial charge in [0.25, 0.3) is 0 Å². The first-order valence-corrected chi connectivity index (χ1v) is 12.0. The van der Waals surface area contributed by atoms with Crippen molar-refractivity contribution in [2.45, 2.75) is 37.3 Å². The van der Waals surface area contributed by atoms with Crippen LogP contribution >= 0.6 is 0 Å². The molecule has 0 radical (unpaired) electrons. The van der Waals surface area contributed by atoms with Crippen LogP contribution in [0.25, 0.3) is 10.9 Å². The van der Waals surface area contributed by atoms with Crippen LogP contribution < -0.4 is 0 Å². The summed E-state index contributed by atoms with van der Waals surface area (Å²) in [6, 6.07) is 8.40. The van der Waals surface area contributed by atoms with Gasteiger partial charge in [-0.2, -0.15) is 0 Å². The number of methoxy groups -OCH3 is 2. The first kappa shape index (κ1) is 21.7. The molecule has 1 aromatic heterocycles. The van der Waals surface area contributed by atoms with Crippen molar-refractivity contribution in [2.24, 2.45) is 23.7 Å². The molecule has 2 aliphatic heterocycles. The maximum atomic E-state index is 13.1. The number of aliphatic hydroxyl groups excluding tert-OH is 1. The Morgan fingerprint density at radius 1 is 1.18 bits per heavy atom. The molecule has 2 bridgehead atoms. The number of carbonyl (C=O) groups is 2. The van der Waals surface area contributed by atoms with Crippen molar-refractivity contribution in [3.05, 3.63) is 46.9 Å². The van der Waals surface area contributed by atoms with Gasteiger partial charge in [0.2, 0.25) is 0 Å². The van der Waals surface area contributed by atoms with E-state index in [-0.39, 0.29) is 48.0 Å². The van der Waals surface area contributed by atoms with E-state index in [1.54, 1.807) is 0 Å². The number of piperidine rings is 1. The molecule has 0 spiro atoms. The molecule has 6 atom stereocenters. The topological polar surface area (TPSA) is 112 Å². The minimum Gasteiger partial charge on any atom is -0.512 e. The Bertz CT molecular complexity index is 1220. The van der Waals surface area contributed by atoms with Crippen LogP contribution in [0.5, 0.6) is 0 Å². The van der Waals surface area contributed by atoms with Crippen molar-refractivity contribution >= 4 is 22.8 Å². The lowest BCUT2D eigenvalue weighted by molar-refractivity contribution is -0.186. The van der Waals surface area contributed by atoms with Gasteiger partial charge >= 0.3 is 11.9 Å². The number of H-pyrrole nitrogens is 1. The summed E-state index contributed by atoms with van der Waals surface area (Å²) in [7, 11) is 2.65. The van der Waals surface area contributed by atoms with Crippen molar-refractivity contribution in [1.29, 1.82) is 0 Å². The maximum Gasteiger partial charge on any atom is 0.337 e. The van der Waals surface area contributed by atoms with Crippen molar-refractivity contribution in [3.63, 3.8) is 0 Å². The third kappa shape index (κ3) is 2.91. The molecule has 8 nitrogen and oxygen atoms in total. The fourth-order valence-electron chi connectivity index (χ4n) is 7.56. The molecule has 1 saturated heterocycles. The number of nitrogens with zero attached hydrogens (tertiary/aromatic N) is 1. The number of para-hydroxylation sites is 1. The summed E-state index contributed by atoms with van der Waals surface area (Å²) in [5, 5.41) is 23.7. The molecule has 2 aromatic rings. The molecule has 8 heteroatoms. The summed E-state index contributed by atoms with van der Waals surface area (Å²) in [4.78, 5) is 31.8. The quantitative estimate of drug-likeness (QED) is 0.584. The predicted octanol–water partition coefficient (Wildman–Crippen LogP) is 2.63. The number of carbonyl (C=O) groups excluding carboxylic acids is 2. The number of aliphatic hydroxyl groups is 2. The second-order valence-corrected chi connectivity index (χ2v) is 10.3. The molecular formula is C26H30N2O6. The van der Waals surface area contributed by atoms with Crippen LogP contribution in [0.4, 0.5) is 0 Å². The highest BCUT2D eigenvalue weighted by atomic mass is 16.5. The van der Waals surface area contributed by atoms with E-state index in [0.717, 1.165) is 18.5 Å². The molecular weight excluding hydrogens is 436 g/mol. The van der Waals surface area contributed by atoms with Gasteiger partial charge < -0.3 is 24.7 Å². The fraction of sp³-hybridized carbons (Fsp3) is 0.538. The molecule has 34 heavy (non-hydrogen) atoms. The van der Waals surface area contributed by atoms with Crippen LogP contribution in [-0.2, 0) is 25.5 Å². The van der Waals surface area contributed by atoms with Gasteiger partial charge in [-0.1, -0.05) is 18.2 Å². The Morgan fingerprint density at radius 2 is 1.97 bits per heavy atom. The van der Waals surface area contributed by atoms with E-state index in [9.17, 15) is 19.8 Å². The fourth-order valence-corrected chi connectivity index (χ4v) is 7.56. The standard InChI is InChI=1S/C26H30N2O6/c1-33-24(30)21-16-10-26(32,11-20(21)29)22(25(31)34-2)15-9-19-23-14(7-8-28(19)12-17(15)16)13-5-3-4-6-18(13)27-23/h3-6,15-17,19,22,27,29,32H,7-12H2,1-2H3/t15-,16+,17+,19+,22-,26-/m0/s1. The first-order chi connectivity index (χ1) is 16.4. The van der Waals surface area contributed by atoms with Gasteiger partial charge in [-0.05, 0) is 42.7 Å². The van der Waals surface area contributed by atoms with Gasteiger partial charge in [0.05, 0.1) is 37.4 Å². The summed E-state index contributed by atoms with van der Waals surface area (Å²) in [6.45, 7) is 1.55. The van der Waals surface area contributed by atoms with E-state index in [4.69, 9.17) is 9.47 Å². The molecule has 2 fully saturated rings. The summed E-state index contributed by atoms with van der Waals surface area (Å²) >= 11 is 0. The number of fused-ring (bicyclic) bond motifs is 9. The summed E-state index contributed by atoms with van der Waals surface area (Å²) in [6.07, 6.45) is 1.67. The van der Waals surface area contributed by atoms with Crippen molar-refractivity contribution in [3.8, 4) is 0 Å². The number of hydrogen-bond donors (Lipinski definition) is 3. The highest BCUT2D eigenvalue weighted by Gasteiger charge is 2.62. The summed E-state index contributed by atoms with van der Waals surface area (Å²) in [5.74, 6) is -2.59. The van der Waals surface area contributed by atoms with Gasteiger partial charge in [0.1, 0.15) is 5.76 Å². The lowest BCUT2D eigenvalue weighted by atomic mass is 9.52. The molecule has 1 aromatic carbocycles. The van der Waals surface area contributed by atoms with E-state index >= 15 is 0 Å². The largest absolute Gasteiger partial charge is 0.512 e. The minimum atomic E-state index is -1.46. The van der Waals surface area contributed by atoms with Gasteiger partial charge in [-0.15, -0.1) is 0 Å². The van der Waals surface area contributed by atoms with E-state index < -0.39 is 23.5 Å². The number of aromatic amines is 1. The molecule has 4 aliphatic rings. The Kier molecular flexibility index (Phi) is 4.83. The second-order valence-electron chi connectivity index (χ2n) is 10.3. The van der Waals surface area contributed by atoms with Gasteiger partial charge in [0.15, 0.2) is 0 Å². The Labute approximate surface area is 197 Å². The van der Waals surface area contributed by atoms with Gasteiger partial charge in [-0.3, -0.25) is 9.69 Å². The van der Waals surface area contributed by atoms with Gasteiger partial charge in [-0.25, -0.2) is 4.79 Å². The maximum absolute atomic E-state index is 13.1. The Hall–Kier alpha value is -2.84. The van der Waals surface area contributed by atoms with E-state index in [1.165, 1.54) is 30.9 Å². The summed E-state index contributed by atoms with van der Waals surface area (Å²) < 4.78 is 10.2. The lowest BCUT2D eigenvalue weighted by Gasteiger charge is -2.58. The zero-order valence-corrected chi connectivity index (χ0v) is 19.4. The number of esters is 2. The highest BCUT2D eigenvalue weighted by Crippen LogP contribution is 2.58. The number of benzene rings is 1. The van der Waals surface area contributed by atoms with Crippen molar-refractivity contribution < 1.29 is 29.3 Å². The predicted molar refractivity (Wildman–Crippen MR) is 123 cm³/mol. The van der Waals surface area contributed by atoms with Crippen LogP contribution in [0.2, 0.25) is 0 Å². The number of ether oxygens (including phenoxy) is 2. The normalized spacial score (nSPS) is 34.7. The SMILES string of the molecule is COC(=O)C1=C(O)C[C@@]2(O)C[C@@H]1[C@@H]1CN3CCc4c([nH]c5ccccc45)[C@H]3C[C@@H]1[C@H]2C(=O)OC. The molecule has 3 N–H and O–H groups in total. The van der Waals surface area contributed by atoms with Crippen LogP contribution in [0, 0.1) is 23.7 Å². The van der Waals surface area contributed by atoms with Crippen molar-refractivity contribution in [2.75, 3.05) is 27.3 Å². The Morgan fingerprint density at radius 3 is 2.74 bits per heavy atom. The Balaban J connectivity index is 1.45. The number of rotatable bonds is 2. The molecule has 2 aliphatic carbocycles. The number of nitrogens with one attached hydrogen (secondary N) is 1. The molecule has 0 unspecified atom stereocenters. The van der Waals surface area contributed by atoms with Crippen LogP contribution in [-0.4, -0.2) is 64.9 Å². The zero-order chi connectivity index (χ0) is 23.8. The third-order valence-corrected chi connectivity index (χ3v) is 8.87. The first-order valence-electron chi connectivity index (χ1n) is 12.0. The average Bonchev–Trinajstić information content (AvgIpc) is 3.21. The molecule has 6 rings (SSSR count). The highest BCUT2D eigenvalue weighted by molar-refractivity contribution is 5.90. The second kappa shape index (κ2) is 7.58. The monoisotopic (exact) mass is 466 g/mol. The smallest absolute Gasteiger partial charge is 0.337 e. The molecule has 180 valence electrons. The molecule has 1 saturated carbocycles.